The monoisotopic (exact) mass is 433 g/mol. The first-order valence-corrected chi connectivity index (χ1v) is 9.34. The minimum absolute atomic E-state index is 0.0471. The molecule has 0 bridgehead atoms. The van der Waals surface area contributed by atoms with Gasteiger partial charge in [-0.1, -0.05) is 24.4 Å². The number of carbonyl (C=O) groups is 1. The lowest BCUT2D eigenvalue weighted by molar-refractivity contribution is 0.115. The third-order valence-corrected chi connectivity index (χ3v) is 5.60. The van der Waals surface area contributed by atoms with Crippen LogP contribution in [0.1, 0.15) is 25.7 Å². The van der Waals surface area contributed by atoms with Crippen LogP contribution in [-0.2, 0) is 0 Å². The molecule has 0 aromatic heterocycles. The molecule has 1 saturated carbocycles. The molecule has 0 unspecified atom stereocenters. The second-order valence-electron chi connectivity index (χ2n) is 6.02. The zero-order chi connectivity index (χ0) is 15.5. The maximum Gasteiger partial charge on any atom is 0.321 e. The minimum atomic E-state index is -0.0471. The number of nitrogens with one attached hydrogen (secondary N) is 1. The lowest BCUT2D eigenvalue weighted by Crippen LogP contribution is -2.52. The molecule has 3 rings (SSSR count). The first-order chi connectivity index (χ1) is 10.6. The molecule has 0 spiro atoms. The fraction of sp³-hybridized carbons (Fsp3) is 0.562. The van der Waals surface area contributed by atoms with E-state index in [-0.39, 0.29) is 6.03 Å². The van der Waals surface area contributed by atoms with Crippen LogP contribution in [0.2, 0.25) is 5.02 Å². The SMILES string of the molecule is O=C(Nc1ccc(I)cc1Cl)N1CCN(C2CCCC2)CC1. The Morgan fingerprint density at radius 3 is 2.50 bits per heavy atom. The van der Waals surface area contributed by atoms with E-state index in [9.17, 15) is 4.79 Å². The van der Waals surface area contributed by atoms with Crippen LogP contribution in [0.4, 0.5) is 10.5 Å². The van der Waals surface area contributed by atoms with Gasteiger partial charge in [0, 0.05) is 35.8 Å². The van der Waals surface area contributed by atoms with Gasteiger partial charge in [-0.25, -0.2) is 4.79 Å². The smallest absolute Gasteiger partial charge is 0.321 e. The molecular formula is C16H21ClIN3O. The van der Waals surface area contributed by atoms with Crippen LogP contribution in [-0.4, -0.2) is 48.1 Å². The number of urea groups is 1. The van der Waals surface area contributed by atoms with Crippen LogP contribution in [0.3, 0.4) is 0 Å². The number of benzene rings is 1. The normalized spacial score (nSPS) is 20.4. The lowest BCUT2D eigenvalue weighted by Gasteiger charge is -2.38. The predicted octanol–water partition coefficient (Wildman–Crippen LogP) is 4.04. The topological polar surface area (TPSA) is 35.6 Å². The van der Waals surface area contributed by atoms with E-state index in [0.717, 1.165) is 35.8 Å². The second-order valence-corrected chi connectivity index (χ2v) is 7.67. The van der Waals surface area contributed by atoms with Crippen LogP contribution in [0, 0.1) is 3.57 Å². The van der Waals surface area contributed by atoms with E-state index in [0.29, 0.717) is 10.7 Å². The van der Waals surface area contributed by atoms with Gasteiger partial charge < -0.3 is 10.2 Å². The fourth-order valence-corrected chi connectivity index (χ4v) is 4.25. The zero-order valence-corrected chi connectivity index (χ0v) is 15.4. The van der Waals surface area contributed by atoms with E-state index in [1.54, 1.807) is 0 Å². The van der Waals surface area contributed by atoms with Crippen LogP contribution in [0.25, 0.3) is 0 Å². The van der Waals surface area contributed by atoms with Gasteiger partial charge in [-0.3, -0.25) is 4.90 Å². The standard InChI is InChI=1S/C16H21ClIN3O/c17-14-11-12(18)5-6-15(14)19-16(22)21-9-7-20(8-10-21)13-3-1-2-4-13/h5-6,11,13H,1-4,7-10H2,(H,19,22). The highest BCUT2D eigenvalue weighted by molar-refractivity contribution is 14.1. The fourth-order valence-electron chi connectivity index (χ4n) is 3.34. The summed E-state index contributed by atoms with van der Waals surface area (Å²) < 4.78 is 1.06. The summed E-state index contributed by atoms with van der Waals surface area (Å²) in [6, 6.07) is 6.36. The van der Waals surface area contributed by atoms with Crippen LogP contribution in [0.5, 0.6) is 0 Å². The van der Waals surface area contributed by atoms with E-state index >= 15 is 0 Å². The summed E-state index contributed by atoms with van der Waals surface area (Å²) in [5.41, 5.74) is 0.685. The summed E-state index contributed by atoms with van der Waals surface area (Å²) in [7, 11) is 0. The van der Waals surface area contributed by atoms with Crippen molar-refractivity contribution >= 4 is 45.9 Å². The molecule has 22 heavy (non-hydrogen) atoms. The van der Waals surface area contributed by atoms with Crippen molar-refractivity contribution in [2.24, 2.45) is 0 Å². The van der Waals surface area contributed by atoms with Crippen molar-refractivity contribution < 1.29 is 4.79 Å². The van der Waals surface area contributed by atoms with Gasteiger partial charge in [0.1, 0.15) is 0 Å². The van der Waals surface area contributed by atoms with Crippen molar-refractivity contribution in [3.63, 3.8) is 0 Å². The Hall–Kier alpha value is -0.530. The predicted molar refractivity (Wildman–Crippen MR) is 98.6 cm³/mol. The van der Waals surface area contributed by atoms with Crippen molar-refractivity contribution in [1.82, 2.24) is 9.80 Å². The number of nitrogens with zero attached hydrogens (tertiary/aromatic N) is 2. The molecule has 0 atom stereocenters. The largest absolute Gasteiger partial charge is 0.322 e. The van der Waals surface area contributed by atoms with Gasteiger partial charge in [-0.2, -0.15) is 0 Å². The number of anilines is 1. The molecule has 120 valence electrons. The van der Waals surface area contributed by atoms with Crippen molar-refractivity contribution in [2.45, 2.75) is 31.7 Å². The van der Waals surface area contributed by atoms with E-state index in [2.05, 4.69) is 32.8 Å². The van der Waals surface area contributed by atoms with Crippen molar-refractivity contribution in [3.8, 4) is 0 Å². The number of halogens is 2. The van der Waals surface area contributed by atoms with Crippen molar-refractivity contribution in [2.75, 3.05) is 31.5 Å². The minimum Gasteiger partial charge on any atom is -0.322 e. The molecular weight excluding hydrogens is 413 g/mol. The Bertz CT molecular complexity index is 540. The number of hydrogen-bond acceptors (Lipinski definition) is 2. The number of rotatable bonds is 2. The molecule has 2 fully saturated rings. The maximum absolute atomic E-state index is 12.4. The molecule has 2 amide bonds. The Balaban J connectivity index is 1.53. The van der Waals surface area contributed by atoms with Gasteiger partial charge in [-0.15, -0.1) is 0 Å². The van der Waals surface area contributed by atoms with E-state index in [1.807, 2.05) is 23.1 Å². The second kappa shape index (κ2) is 7.36. The molecule has 1 heterocycles. The highest BCUT2D eigenvalue weighted by Gasteiger charge is 2.27. The average Bonchev–Trinajstić information content (AvgIpc) is 3.04. The Kier molecular flexibility index (Phi) is 5.46. The van der Waals surface area contributed by atoms with Crippen LogP contribution in [0.15, 0.2) is 18.2 Å². The third kappa shape index (κ3) is 3.86. The molecule has 1 N–H and O–H groups in total. The third-order valence-electron chi connectivity index (χ3n) is 4.62. The summed E-state index contributed by atoms with van der Waals surface area (Å²) >= 11 is 8.38. The average molecular weight is 434 g/mol. The number of carbonyl (C=O) groups excluding carboxylic acids is 1. The molecule has 1 aliphatic carbocycles. The summed E-state index contributed by atoms with van der Waals surface area (Å²) in [6.07, 6.45) is 5.36. The Morgan fingerprint density at radius 1 is 1.18 bits per heavy atom. The molecule has 2 aliphatic rings. The van der Waals surface area contributed by atoms with Gasteiger partial charge in [-0.05, 0) is 53.6 Å². The maximum atomic E-state index is 12.4. The number of amides is 2. The van der Waals surface area contributed by atoms with Crippen LogP contribution >= 0.6 is 34.2 Å². The highest BCUT2D eigenvalue weighted by atomic mass is 127. The molecule has 1 aliphatic heterocycles. The molecule has 1 aromatic rings. The van der Waals surface area contributed by atoms with Gasteiger partial charge in [0.15, 0.2) is 0 Å². The molecule has 6 heteroatoms. The summed E-state index contributed by atoms with van der Waals surface area (Å²) in [5.74, 6) is 0. The molecule has 1 saturated heterocycles. The molecule has 1 aromatic carbocycles. The van der Waals surface area contributed by atoms with E-state index < -0.39 is 0 Å². The van der Waals surface area contributed by atoms with E-state index in [4.69, 9.17) is 11.6 Å². The van der Waals surface area contributed by atoms with Crippen LogP contribution < -0.4 is 5.32 Å². The summed E-state index contributed by atoms with van der Waals surface area (Å²) in [4.78, 5) is 16.8. The van der Waals surface area contributed by atoms with Gasteiger partial charge in [0.05, 0.1) is 10.7 Å². The van der Waals surface area contributed by atoms with Crippen molar-refractivity contribution in [3.05, 3.63) is 26.8 Å². The van der Waals surface area contributed by atoms with Crippen molar-refractivity contribution in [1.29, 1.82) is 0 Å². The van der Waals surface area contributed by atoms with Gasteiger partial charge in [0.2, 0.25) is 0 Å². The number of piperazine rings is 1. The zero-order valence-electron chi connectivity index (χ0n) is 12.5. The number of hydrogen-bond donors (Lipinski definition) is 1. The quantitative estimate of drug-likeness (QED) is 0.715. The first kappa shape index (κ1) is 16.3. The summed E-state index contributed by atoms with van der Waals surface area (Å²) in [5, 5.41) is 3.51. The molecule has 0 radical (unpaired) electrons. The Labute approximate surface area is 150 Å². The Morgan fingerprint density at radius 2 is 1.86 bits per heavy atom. The lowest BCUT2D eigenvalue weighted by atomic mass is 10.2. The van der Waals surface area contributed by atoms with Gasteiger partial charge in [0.25, 0.3) is 0 Å². The first-order valence-electron chi connectivity index (χ1n) is 7.88. The highest BCUT2D eigenvalue weighted by Crippen LogP contribution is 2.26. The van der Waals surface area contributed by atoms with E-state index in [1.165, 1.54) is 25.7 Å². The summed E-state index contributed by atoms with van der Waals surface area (Å²) in [6.45, 7) is 3.56. The molecule has 4 nitrogen and oxygen atoms in total. The van der Waals surface area contributed by atoms with Gasteiger partial charge >= 0.3 is 6.03 Å².